The van der Waals surface area contributed by atoms with Gasteiger partial charge < -0.3 is 5.32 Å². The molecule has 0 aromatic rings. The summed E-state index contributed by atoms with van der Waals surface area (Å²) in [6.45, 7) is 6.34. The fourth-order valence-corrected chi connectivity index (χ4v) is 2.00. The molecule has 0 heterocycles. The first-order valence-electron chi connectivity index (χ1n) is 4.96. The Morgan fingerprint density at radius 1 is 1.46 bits per heavy atom. The van der Waals surface area contributed by atoms with Crippen LogP contribution in [0.15, 0.2) is 0 Å². The second-order valence-corrected chi connectivity index (χ2v) is 5.52. The Balaban J connectivity index is 2.42. The van der Waals surface area contributed by atoms with Crippen molar-refractivity contribution < 1.29 is 4.79 Å². The van der Waals surface area contributed by atoms with Crippen LogP contribution < -0.4 is 5.32 Å². The summed E-state index contributed by atoms with van der Waals surface area (Å²) in [5.41, 5.74) is 0. The minimum atomic E-state index is -0.0735. The van der Waals surface area contributed by atoms with Gasteiger partial charge in [-0.2, -0.15) is 0 Å². The van der Waals surface area contributed by atoms with Gasteiger partial charge in [-0.25, -0.2) is 0 Å². The van der Waals surface area contributed by atoms with Crippen LogP contribution in [0.25, 0.3) is 0 Å². The summed E-state index contributed by atoms with van der Waals surface area (Å²) in [6, 6.07) is 0.391. The smallest absolute Gasteiger partial charge is 0.233 e. The molecule has 0 saturated heterocycles. The first-order chi connectivity index (χ1) is 6.02. The van der Waals surface area contributed by atoms with E-state index in [1.165, 1.54) is 6.42 Å². The Bertz CT molecular complexity index is 193. The van der Waals surface area contributed by atoms with Crippen molar-refractivity contribution in [1.29, 1.82) is 0 Å². The number of carbonyl (C=O) groups is 1. The summed E-state index contributed by atoms with van der Waals surface area (Å²) >= 11 is 3.27. The summed E-state index contributed by atoms with van der Waals surface area (Å²) < 4.78 is 0. The molecule has 3 heteroatoms. The van der Waals surface area contributed by atoms with Crippen molar-refractivity contribution in [3.8, 4) is 0 Å². The third-order valence-corrected chi connectivity index (χ3v) is 3.57. The number of halogens is 1. The molecule has 0 aromatic heterocycles. The number of hydrogen-bond donors (Lipinski definition) is 1. The Labute approximate surface area is 88.6 Å². The molecule has 0 radical (unpaired) electrons. The molecule has 0 aromatic carbocycles. The molecule has 0 bridgehead atoms. The Hall–Kier alpha value is -0.0500. The maximum Gasteiger partial charge on any atom is 0.233 e. The Morgan fingerprint density at radius 3 is 2.46 bits per heavy atom. The van der Waals surface area contributed by atoms with Crippen molar-refractivity contribution in [2.24, 2.45) is 11.8 Å². The van der Waals surface area contributed by atoms with Gasteiger partial charge in [0.1, 0.15) is 0 Å². The molecule has 1 aliphatic carbocycles. The number of amides is 1. The van der Waals surface area contributed by atoms with Crippen LogP contribution in [0.3, 0.4) is 0 Å². The van der Waals surface area contributed by atoms with E-state index in [1.54, 1.807) is 0 Å². The van der Waals surface area contributed by atoms with Crippen LogP contribution in [-0.4, -0.2) is 16.8 Å². The summed E-state index contributed by atoms with van der Waals surface area (Å²) in [5.74, 6) is 1.48. The van der Waals surface area contributed by atoms with Crippen molar-refractivity contribution in [3.05, 3.63) is 0 Å². The maximum absolute atomic E-state index is 11.4. The van der Waals surface area contributed by atoms with Crippen LogP contribution in [0.4, 0.5) is 0 Å². The zero-order valence-electron chi connectivity index (χ0n) is 8.51. The lowest BCUT2D eigenvalue weighted by molar-refractivity contribution is -0.121. The molecule has 1 saturated carbocycles. The van der Waals surface area contributed by atoms with Crippen molar-refractivity contribution in [2.45, 2.75) is 44.5 Å². The number of carbonyl (C=O) groups excluding carboxylic acids is 1. The molecule has 0 spiro atoms. The van der Waals surface area contributed by atoms with Gasteiger partial charge >= 0.3 is 0 Å². The van der Waals surface area contributed by atoms with E-state index in [-0.39, 0.29) is 10.7 Å². The molecule has 13 heavy (non-hydrogen) atoms. The van der Waals surface area contributed by atoms with E-state index in [4.69, 9.17) is 0 Å². The van der Waals surface area contributed by atoms with Crippen molar-refractivity contribution in [2.75, 3.05) is 0 Å². The van der Waals surface area contributed by atoms with Crippen molar-refractivity contribution in [1.82, 2.24) is 5.32 Å². The van der Waals surface area contributed by atoms with E-state index in [2.05, 4.69) is 35.1 Å². The summed E-state index contributed by atoms with van der Waals surface area (Å²) in [7, 11) is 0. The predicted molar refractivity (Wildman–Crippen MR) is 57.9 cm³/mol. The van der Waals surface area contributed by atoms with Gasteiger partial charge in [-0.15, -0.1) is 0 Å². The highest BCUT2D eigenvalue weighted by atomic mass is 79.9. The molecule has 2 nitrogen and oxygen atoms in total. The number of hydrogen-bond acceptors (Lipinski definition) is 1. The molecule has 1 aliphatic rings. The van der Waals surface area contributed by atoms with Crippen LogP contribution >= 0.6 is 15.9 Å². The topological polar surface area (TPSA) is 29.1 Å². The molecular formula is C10H18BrNO. The van der Waals surface area contributed by atoms with Gasteiger partial charge in [-0.3, -0.25) is 4.79 Å². The first-order valence-corrected chi connectivity index (χ1v) is 5.88. The third kappa shape index (κ3) is 2.70. The third-order valence-electron chi connectivity index (χ3n) is 3.15. The largest absolute Gasteiger partial charge is 0.352 e. The number of rotatable bonds is 2. The molecule has 1 fully saturated rings. The lowest BCUT2D eigenvalue weighted by atomic mass is 9.98. The van der Waals surface area contributed by atoms with E-state index >= 15 is 0 Å². The van der Waals surface area contributed by atoms with Gasteiger partial charge in [0.05, 0.1) is 4.83 Å². The highest BCUT2D eigenvalue weighted by molar-refractivity contribution is 9.10. The fourth-order valence-electron chi connectivity index (χ4n) is 1.87. The molecule has 76 valence electrons. The summed E-state index contributed by atoms with van der Waals surface area (Å²) in [4.78, 5) is 11.3. The van der Waals surface area contributed by atoms with E-state index in [9.17, 15) is 4.79 Å². The zero-order valence-corrected chi connectivity index (χ0v) is 10.1. The first kappa shape index (κ1) is 11.0. The Morgan fingerprint density at radius 2 is 2.08 bits per heavy atom. The van der Waals surface area contributed by atoms with Crippen LogP contribution in [0.2, 0.25) is 0 Å². The average Bonchev–Trinajstić information content (AvgIpc) is 2.36. The van der Waals surface area contributed by atoms with Gasteiger partial charge in [-0.1, -0.05) is 29.8 Å². The highest BCUT2D eigenvalue weighted by Gasteiger charge is 2.31. The fraction of sp³-hybridized carbons (Fsp3) is 0.900. The SMILES string of the molecule is CC(Br)C(=O)NC1CCC(C)C1C. The molecule has 1 N–H and O–H groups in total. The highest BCUT2D eigenvalue weighted by Crippen LogP contribution is 2.31. The normalized spacial score (nSPS) is 35.8. The minimum Gasteiger partial charge on any atom is -0.352 e. The second-order valence-electron chi connectivity index (χ2n) is 4.14. The molecule has 4 unspecified atom stereocenters. The second kappa shape index (κ2) is 4.45. The zero-order chi connectivity index (χ0) is 10.0. The van der Waals surface area contributed by atoms with Gasteiger partial charge in [0.25, 0.3) is 0 Å². The van der Waals surface area contributed by atoms with Gasteiger partial charge in [0.15, 0.2) is 0 Å². The van der Waals surface area contributed by atoms with Crippen LogP contribution in [-0.2, 0) is 4.79 Å². The van der Waals surface area contributed by atoms with Crippen molar-refractivity contribution in [3.63, 3.8) is 0 Å². The summed E-state index contributed by atoms with van der Waals surface area (Å²) in [5, 5.41) is 3.07. The van der Waals surface area contributed by atoms with E-state index in [0.717, 1.165) is 12.3 Å². The Kier molecular flexibility index (Phi) is 3.77. The van der Waals surface area contributed by atoms with Crippen LogP contribution in [0.1, 0.15) is 33.6 Å². The molecular weight excluding hydrogens is 230 g/mol. The molecule has 1 amide bonds. The lowest BCUT2D eigenvalue weighted by Crippen LogP contribution is -2.40. The van der Waals surface area contributed by atoms with Gasteiger partial charge in [-0.05, 0) is 31.6 Å². The quantitative estimate of drug-likeness (QED) is 0.746. The molecule has 4 atom stereocenters. The predicted octanol–water partition coefficient (Wildman–Crippen LogP) is 2.32. The molecule has 1 rings (SSSR count). The number of nitrogens with one attached hydrogen (secondary N) is 1. The van der Waals surface area contributed by atoms with Gasteiger partial charge in [0.2, 0.25) is 5.91 Å². The average molecular weight is 248 g/mol. The minimum absolute atomic E-state index is 0.0735. The monoisotopic (exact) mass is 247 g/mol. The van der Waals surface area contributed by atoms with Crippen molar-refractivity contribution >= 4 is 21.8 Å². The van der Waals surface area contributed by atoms with Crippen LogP contribution in [0, 0.1) is 11.8 Å². The maximum atomic E-state index is 11.4. The van der Waals surface area contributed by atoms with E-state index in [0.29, 0.717) is 12.0 Å². The summed E-state index contributed by atoms with van der Waals surface area (Å²) in [6.07, 6.45) is 2.37. The van der Waals surface area contributed by atoms with Crippen LogP contribution in [0.5, 0.6) is 0 Å². The molecule has 0 aliphatic heterocycles. The van der Waals surface area contributed by atoms with E-state index in [1.807, 2.05) is 6.92 Å². The standard InChI is InChI=1S/C10H18BrNO/c1-6-4-5-9(7(6)2)12-10(13)8(3)11/h6-9H,4-5H2,1-3H3,(H,12,13). The van der Waals surface area contributed by atoms with Gasteiger partial charge in [0, 0.05) is 6.04 Å². The number of alkyl halides is 1. The lowest BCUT2D eigenvalue weighted by Gasteiger charge is -2.20. The van der Waals surface area contributed by atoms with E-state index < -0.39 is 0 Å².